The number of nitrogens with one attached hydrogen (secondary N) is 1. The Morgan fingerprint density at radius 3 is 2.61 bits per heavy atom. The van der Waals surface area contributed by atoms with Gasteiger partial charge in [-0.3, -0.25) is 4.79 Å². The van der Waals surface area contributed by atoms with Crippen LogP contribution in [0.3, 0.4) is 0 Å². The molecule has 9 heteroatoms. The van der Waals surface area contributed by atoms with Crippen LogP contribution in [-0.2, 0) is 11.4 Å². The molecule has 0 aromatic heterocycles. The molecule has 3 aromatic carbocycles. The average Bonchev–Trinajstić information content (AvgIpc) is 2.79. The minimum absolute atomic E-state index is 0.0826. The molecule has 0 fully saturated rings. The maximum absolute atomic E-state index is 12.6. The molecule has 0 bridgehead atoms. The van der Waals surface area contributed by atoms with Gasteiger partial charge in [-0.2, -0.15) is 5.26 Å². The number of nitriles is 1. The normalized spacial score (nSPS) is 11.0. The first-order valence-corrected chi connectivity index (χ1v) is 12.1. The highest BCUT2D eigenvalue weighted by Gasteiger charge is 2.15. The minimum Gasteiger partial charge on any atom is -0.493 e. The summed E-state index contributed by atoms with van der Waals surface area (Å²) >= 11 is 17.5. The van der Waals surface area contributed by atoms with E-state index in [4.69, 9.17) is 32.7 Å². The minimum atomic E-state index is -0.570. The van der Waals surface area contributed by atoms with E-state index in [0.29, 0.717) is 39.4 Å². The second-order valence-corrected chi connectivity index (χ2v) is 9.50. The van der Waals surface area contributed by atoms with Crippen LogP contribution in [0.1, 0.15) is 11.1 Å². The topological polar surface area (TPSA) is 71.3 Å². The van der Waals surface area contributed by atoms with Crippen LogP contribution in [0.4, 0.5) is 5.69 Å². The van der Waals surface area contributed by atoms with Gasteiger partial charge in [-0.25, -0.2) is 0 Å². The third-order valence-corrected chi connectivity index (χ3v) is 6.75. The van der Waals surface area contributed by atoms with Crippen LogP contribution < -0.4 is 14.8 Å². The molecule has 3 aromatic rings. The van der Waals surface area contributed by atoms with Crippen molar-refractivity contribution in [2.24, 2.45) is 0 Å². The van der Waals surface area contributed by atoms with Gasteiger partial charge in [0, 0.05) is 15.7 Å². The molecule has 0 aliphatic carbocycles. The predicted octanol–water partition coefficient (Wildman–Crippen LogP) is 7.49. The summed E-state index contributed by atoms with van der Waals surface area (Å²) in [4.78, 5) is 12.6. The van der Waals surface area contributed by atoms with Crippen molar-refractivity contribution >= 4 is 79.4 Å². The summed E-state index contributed by atoms with van der Waals surface area (Å²) in [6, 6.07) is 17.9. The number of hydrogen-bond donors (Lipinski definition) is 1. The van der Waals surface area contributed by atoms with Crippen LogP contribution in [-0.4, -0.2) is 13.0 Å². The molecule has 0 atom stereocenters. The molecule has 3 rings (SSSR count). The van der Waals surface area contributed by atoms with Crippen molar-refractivity contribution in [1.82, 2.24) is 0 Å². The van der Waals surface area contributed by atoms with Crippen molar-refractivity contribution in [3.63, 3.8) is 0 Å². The molecule has 1 N–H and O–H groups in total. The van der Waals surface area contributed by atoms with Gasteiger partial charge >= 0.3 is 0 Å². The lowest BCUT2D eigenvalue weighted by Gasteiger charge is -2.14. The first-order valence-electron chi connectivity index (χ1n) is 9.44. The Hall–Kier alpha value is -2.25. The average molecular weight is 658 g/mol. The Balaban J connectivity index is 1.83. The zero-order valence-corrected chi connectivity index (χ0v) is 22.4. The number of ether oxygens (including phenoxy) is 2. The van der Waals surface area contributed by atoms with Gasteiger partial charge in [0.05, 0.1) is 20.7 Å². The smallest absolute Gasteiger partial charge is 0.266 e. The molecule has 0 saturated carbocycles. The fourth-order valence-electron chi connectivity index (χ4n) is 2.82. The lowest BCUT2D eigenvalue weighted by atomic mass is 10.1. The number of carbonyl (C=O) groups excluding carboxylic acids is 1. The van der Waals surface area contributed by atoms with E-state index < -0.39 is 5.91 Å². The number of nitrogens with zero attached hydrogens (tertiary/aromatic N) is 1. The number of anilines is 1. The van der Waals surface area contributed by atoms with E-state index in [0.717, 1.165) is 13.6 Å². The van der Waals surface area contributed by atoms with Gasteiger partial charge in [0.2, 0.25) is 0 Å². The van der Waals surface area contributed by atoms with Crippen molar-refractivity contribution < 1.29 is 14.3 Å². The van der Waals surface area contributed by atoms with Gasteiger partial charge in [-0.15, -0.1) is 0 Å². The highest BCUT2D eigenvalue weighted by atomic mass is 127. The van der Waals surface area contributed by atoms with Gasteiger partial charge in [-0.1, -0.05) is 57.3 Å². The van der Waals surface area contributed by atoms with E-state index >= 15 is 0 Å². The van der Waals surface area contributed by atoms with Gasteiger partial charge in [0.1, 0.15) is 18.2 Å². The molecule has 0 aliphatic heterocycles. The zero-order chi connectivity index (χ0) is 24.0. The predicted molar refractivity (Wildman–Crippen MR) is 143 cm³/mol. The summed E-state index contributed by atoms with van der Waals surface area (Å²) in [5, 5.41) is 12.8. The molecule has 0 unspecified atom stereocenters. The number of carbonyl (C=O) groups is 1. The molecular formula is C24H16BrCl2IN2O3. The summed E-state index contributed by atoms with van der Waals surface area (Å²) in [7, 11) is 1.53. The first kappa shape index (κ1) is 25.4. The van der Waals surface area contributed by atoms with Crippen LogP contribution >= 0.6 is 61.7 Å². The van der Waals surface area contributed by atoms with E-state index in [1.54, 1.807) is 18.2 Å². The van der Waals surface area contributed by atoms with Crippen LogP contribution in [0, 0.1) is 14.9 Å². The number of rotatable bonds is 7. The fraction of sp³-hybridized carbons (Fsp3) is 0.0833. The van der Waals surface area contributed by atoms with Crippen molar-refractivity contribution in [3.8, 4) is 17.6 Å². The quantitative estimate of drug-likeness (QED) is 0.162. The van der Waals surface area contributed by atoms with Gasteiger partial charge in [0.25, 0.3) is 5.91 Å². The molecule has 168 valence electrons. The van der Waals surface area contributed by atoms with Crippen LogP contribution in [0.15, 0.2) is 64.6 Å². The van der Waals surface area contributed by atoms with Gasteiger partial charge in [0.15, 0.2) is 11.5 Å². The third-order valence-electron chi connectivity index (χ3n) is 4.44. The Kier molecular flexibility index (Phi) is 9.03. The number of hydrogen-bond acceptors (Lipinski definition) is 4. The van der Waals surface area contributed by atoms with E-state index in [-0.39, 0.29) is 5.57 Å². The molecule has 33 heavy (non-hydrogen) atoms. The Labute approximate surface area is 223 Å². The van der Waals surface area contributed by atoms with Gasteiger partial charge in [-0.05, 0) is 70.6 Å². The van der Waals surface area contributed by atoms with E-state index in [1.165, 1.54) is 19.3 Å². The highest BCUT2D eigenvalue weighted by molar-refractivity contribution is 14.1. The van der Waals surface area contributed by atoms with Crippen molar-refractivity contribution in [1.29, 1.82) is 5.26 Å². The standard InChI is InChI=1S/C24H16BrCl2IN2O3/c1-32-22-10-14(9-21(28)23(22)33-13-15-4-2-3-5-18(15)25)8-16(12-29)24(31)30-17-6-7-19(26)20(27)11-17/h2-11H,13H2,1H3,(H,30,31)/b16-8+. The van der Waals surface area contributed by atoms with Crippen molar-refractivity contribution in [3.05, 3.63) is 89.4 Å². The van der Waals surface area contributed by atoms with Crippen LogP contribution in [0.25, 0.3) is 6.08 Å². The number of methoxy groups -OCH3 is 1. The summed E-state index contributed by atoms with van der Waals surface area (Å²) in [5.41, 5.74) is 1.95. The van der Waals surface area contributed by atoms with Crippen LogP contribution in [0.2, 0.25) is 10.0 Å². The molecule has 0 aliphatic rings. The molecule has 1 amide bonds. The molecule has 0 heterocycles. The SMILES string of the molecule is COc1cc(/C=C(\C#N)C(=O)Nc2ccc(Cl)c(Cl)c2)cc(I)c1OCc1ccccc1Br. The number of benzene rings is 3. The fourth-order valence-corrected chi connectivity index (χ4v) is 4.29. The Morgan fingerprint density at radius 2 is 1.94 bits per heavy atom. The molecule has 0 radical (unpaired) electrons. The largest absolute Gasteiger partial charge is 0.493 e. The number of amides is 1. The lowest BCUT2D eigenvalue weighted by Crippen LogP contribution is -2.13. The summed E-state index contributed by atoms with van der Waals surface area (Å²) in [5.74, 6) is 0.492. The van der Waals surface area contributed by atoms with Crippen LogP contribution in [0.5, 0.6) is 11.5 Å². The first-order chi connectivity index (χ1) is 15.8. The van der Waals surface area contributed by atoms with Crippen molar-refractivity contribution in [2.45, 2.75) is 6.61 Å². The third kappa shape index (κ3) is 6.64. The van der Waals surface area contributed by atoms with Crippen molar-refractivity contribution in [2.75, 3.05) is 12.4 Å². The van der Waals surface area contributed by atoms with E-state index in [1.807, 2.05) is 36.4 Å². The molecule has 0 spiro atoms. The molecule has 5 nitrogen and oxygen atoms in total. The summed E-state index contributed by atoms with van der Waals surface area (Å²) in [6.45, 7) is 0.346. The summed E-state index contributed by atoms with van der Waals surface area (Å²) < 4.78 is 13.2. The monoisotopic (exact) mass is 656 g/mol. The highest BCUT2D eigenvalue weighted by Crippen LogP contribution is 2.35. The second kappa shape index (κ2) is 11.7. The number of halogens is 4. The Bertz CT molecular complexity index is 1280. The molecular weight excluding hydrogens is 642 g/mol. The summed E-state index contributed by atoms with van der Waals surface area (Å²) in [6.07, 6.45) is 1.48. The lowest BCUT2D eigenvalue weighted by molar-refractivity contribution is -0.112. The maximum atomic E-state index is 12.6. The maximum Gasteiger partial charge on any atom is 0.266 e. The van der Waals surface area contributed by atoms with E-state index in [9.17, 15) is 10.1 Å². The Morgan fingerprint density at radius 1 is 1.18 bits per heavy atom. The van der Waals surface area contributed by atoms with E-state index in [2.05, 4.69) is 43.8 Å². The zero-order valence-electron chi connectivity index (χ0n) is 17.2. The van der Waals surface area contributed by atoms with Gasteiger partial charge < -0.3 is 14.8 Å². The molecule has 0 saturated heterocycles. The second-order valence-electron chi connectivity index (χ2n) is 6.67.